The van der Waals surface area contributed by atoms with Gasteiger partial charge in [0.1, 0.15) is 11.5 Å². The van der Waals surface area contributed by atoms with Crippen LogP contribution >= 0.6 is 0 Å². The highest BCUT2D eigenvalue weighted by Gasteiger charge is 2.20. The number of methoxy groups -OCH3 is 1. The normalized spacial score (nSPS) is 11.7. The second-order valence-electron chi connectivity index (χ2n) is 5.67. The van der Waals surface area contributed by atoms with Crippen molar-refractivity contribution in [2.24, 2.45) is 0 Å². The summed E-state index contributed by atoms with van der Waals surface area (Å²) < 4.78 is 5.20. The van der Waals surface area contributed by atoms with Gasteiger partial charge in [-0.25, -0.2) is 0 Å². The topological polar surface area (TPSA) is 69.6 Å². The van der Waals surface area contributed by atoms with Crippen LogP contribution in [0.15, 0.2) is 72.8 Å². The monoisotopic (exact) mass is 333 g/mol. The van der Waals surface area contributed by atoms with E-state index in [1.807, 2.05) is 24.3 Å². The molecule has 1 atom stereocenters. The van der Waals surface area contributed by atoms with Crippen LogP contribution < -0.4 is 9.84 Å². The van der Waals surface area contributed by atoms with Crippen molar-refractivity contribution in [2.75, 3.05) is 7.11 Å². The molecule has 0 aromatic heterocycles. The van der Waals surface area contributed by atoms with E-state index in [-0.39, 0.29) is 17.2 Å². The lowest BCUT2D eigenvalue weighted by molar-refractivity contribution is -0.255. The minimum Gasteiger partial charge on any atom is -0.545 e. The third kappa shape index (κ3) is 3.48. The fourth-order valence-corrected chi connectivity index (χ4v) is 2.95. The predicted octanol–water partition coefficient (Wildman–Crippen LogP) is 2.94. The van der Waals surface area contributed by atoms with Gasteiger partial charge in [-0.2, -0.15) is 0 Å². The Morgan fingerprint density at radius 2 is 1.48 bits per heavy atom. The minimum atomic E-state index is -1.21. The molecule has 3 aromatic rings. The number of aromatic carboxylic acids is 1. The Labute approximate surface area is 146 Å². The Kier molecular flexibility index (Phi) is 4.70. The van der Waals surface area contributed by atoms with Crippen molar-refractivity contribution in [3.63, 3.8) is 0 Å². The number of phenols is 1. The smallest absolute Gasteiger partial charge is 0.118 e. The number of benzene rings is 3. The number of carboxylic acids is 1. The molecule has 0 aliphatic heterocycles. The maximum Gasteiger partial charge on any atom is 0.118 e. The first kappa shape index (κ1) is 16.6. The van der Waals surface area contributed by atoms with Gasteiger partial charge in [0.05, 0.1) is 13.1 Å². The number of hydrogen-bond donors (Lipinski definition) is 1. The van der Waals surface area contributed by atoms with E-state index >= 15 is 0 Å². The number of phenolic OH excluding ortho intramolecular Hbond substituents is 1. The van der Waals surface area contributed by atoms with Gasteiger partial charge in [-0.1, -0.05) is 48.5 Å². The average molecular weight is 333 g/mol. The molecule has 25 heavy (non-hydrogen) atoms. The fourth-order valence-electron chi connectivity index (χ4n) is 2.95. The van der Waals surface area contributed by atoms with Gasteiger partial charge in [0, 0.05) is 11.5 Å². The molecule has 126 valence electrons. The second-order valence-corrected chi connectivity index (χ2v) is 5.67. The molecule has 3 aromatic carbocycles. The van der Waals surface area contributed by atoms with Gasteiger partial charge in [0.15, 0.2) is 0 Å². The largest absolute Gasteiger partial charge is 0.545 e. The summed E-state index contributed by atoms with van der Waals surface area (Å²) in [5.74, 6) is -0.639. The van der Waals surface area contributed by atoms with Crippen LogP contribution in [0.5, 0.6) is 11.5 Å². The summed E-state index contributed by atoms with van der Waals surface area (Å²) in [7, 11) is 1.60. The van der Waals surface area contributed by atoms with Gasteiger partial charge in [-0.3, -0.25) is 0 Å². The van der Waals surface area contributed by atoms with Crippen molar-refractivity contribution in [1.29, 1.82) is 0 Å². The summed E-state index contributed by atoms with van der Waals surface area (Å²) in [5, 5.41) is 21.1. The maximum atomic E-state index is 11.6. The number of aromatic hydroxyl groups is 1. The molecule has 0 saturated carbocycles. The maximum absolute atomic E-state index is 11.6. The van der Waals surface area contributed by atoms with E-state index in [2.05, 4.69) is 0 Å². The molecule has 4 heteroatoms. The fraction of sp³-hybridized carbons (Fsp3) is 0.0952. The van der Waals surface area contributed by atoms with Gasteiger partial charge in [0.25, 0.3) is 0 Å². The summed E-state index contributed by atoms with van der Waals surface area (Å²) in [6, 6.07) is 21.1. The van der Waals surface area contributed by atoms with E-state index in [1.165, 1.54) is 0 Å². The molecule has 1 N–H and O–H groups in total. The van der Waals surface area contributed by atoms with E-state index in [9.17, 15) is 15.0 Å². The highest BCUT2D eigenvalue weighted by molar-refractivity contribution is 5.88. The van der Waals surface area contributed by atoms with E-state index in [0.29, 0.717) is 5.56 Å². The average Bonchev–Trinajstić information content (AvgIpc) is 2.64. The summed E-state index contributed by atoms with van der Waals surface area (Å²) in [5.41, 5.74) is 2.58. The van der Waals surface area contributed by atoms with Crippen molar-refractivity contribution >= 4 is 5.97 Å². The molecule has 0 heterocycles. The molecule has 4 nitrogen and oxygen atoms in total. The first-order valence-electron chi connectivity index (χ1n) is 7.83. The molecule has 0 fully saturated rings. The van der Waals surface area contributed by atoms with Crippen LogP contribution in [0.25, 0.3) is 0 Å². The lowest BCUT2D eigenvalue weighted by Crippen LogP contribution is -2.24. The summed E-state index contributed by atoms with van der Waals surface area (Å²) in [6.45, 7) is 0. The number of hydrogen-bond acceptors (Lipinski definition) is 4. The number of carbonyl (C=O) groups excluding carboxylic acids is 1. The third-order valence-electron chi connectivity index (χ3n) is 4.17. The number of carbonyl (C=O) groups is 1. The zero-order chi connectivity index (χ0) is 17.8. The third-order valence-corrected chi connectivity index (χ3v) is 4.17. The van der Waals surface area contributed by atoms with E-state index < -0.39 is 5.97 Å². The first-order chi connectivity index (χ1) is 12.1. The predicted molar refractivity (Wildman–Crippen MR) is 92.8 cm³/mol. The van der Waals surface area contributed by atoms with Crippen molar-refractivity contribution in [3.8, 4) is 11.5 Å². The van der Waals surface area contributed by atoms with Crippen LogP contribution in [0.1, 0.15) is 33.0 Å². The van der Waals surface area contributed by atoms with Crippen LogP contribution in [0.4, 0.5) is 0 Å². The SMILES string of the molecule is COc1ccc([C@H](c2ccc(O)cc2)c2ccccc2C(=O)[O-])cc1. The second kappa shape index (κ2) is 7.09. The lowest BCUT2D eigenvalue weighted by Gasteiger charge is -2.22. The molecule has 0 unspecified atom stereocenters. The minimum absolute atomic E-state index is 0.149. The standard InChI is InChI=1S/C21H18O4/c1-25-17-12-8-15(9-13-17)20(14-6-10-16(22)11-7-14)18-4-2-3-5-19(18)21(23)24/h2-13,20,22H,1H3,(H,23,24)/p-1/t20-/m0/s1. The van der Waals surface area contributed by atoms with Crippen molar-refractivity contribution in [2.45, 2.75) is 5.92 Å². The van der Waals surface area contributed by atoms with Gasteiger partial charge < -0.3 is 19.7 Å². The van der Waals surface area contributed by atoms with Crippen LogP contribution in [0.2, 0.25) is 0 Å². The molecule has 0 saturated heterocycles. The Morgan fingerprint density at radius 1 is 0.920 bits per heavy atom. The molecule has 3 rings (SSSR count). The first-order valence-corrected chi connectivity index (χ1v) is 7.83. The summed E-state index contributed by atoms with van der Waals surface area (Å²) >= 11 is 0. The highest BCUT2D eigenvalue weighted by Crippen LogP contribution is 2.35. The zero-order valence-electron chi connectivity index (χ0n) is 13.7. The van der Waals surface area contributed by atoms with Crippen molar-refractivity contribution < 1.29 is 19.7 Å². The van der Waals surface area contributed by atoms with E-state index in [0.717, 1.165) is 16.9 Å². The Hall–Kier alpha value is -3.27. The molecule has 0 spiro atoms. The van der Waals surface area contributed by atoms with Gasteiger partial charge in [0.2, 0.25) is 0 Å². The number of carboxylic acid groups (broad SMARTS) is 1. The molecule has 0 aliphatic rings. The molecule has 0 amide bonds. The number of ether oxygens (including phenoxy) is 1. The summed E-state index contributed by atoms with van der Waals surface area (Å²) in [6.07, 6.45) is 0. The number of rotatable bonds is 5. The quantitative estimate of drug-likeness (QED) is 0.729. The van der Waals surface area contributed by atoms with E-state index in [4.69, 9.17) is 4.74 Å². The van der Waals surface area contributed by atoms with Crippen molar-refractivity contribution in [3.05, 3.63) is 95.1 Å². The van der Waals surface area contributed by atoms with Gasteiger partial charge >= 0.3 is 0 Å². The Morgan fingerprint density at radius 3 is 2.04 bits per heavy atom. The highest BCUT2D eigenvalue weighted by atomic mass is 16.5. The molecular formula is C21H17O4-. The Balaban J connectivity index is 2.18. The van der Waals surface area contributed by atoms with Crippen LogP contribution in [-0.2, 0) is 0 Å². The molecule has 0 radical (unpaired) electrons. The molecule has 0 aliphatic carbocycles. The molecule has 0 bridgehead atoms. The van der Waals surface area contributed by atoms with Crippen molar-refractivity contribution in [1.82, 2.24) is 0 Å². The summed E-state index contributed by atoms with van der Waals surface area (Å²) in [4.78, 5) is 11.6. The zero-order valence-corrected chi connectivity index (χ0v) is 13.7. The van der Waals surface area contributed by atoms with Crippen LogP contribution in [0.3, 0.4) is 0 Å². The lowest BCUT2D eigenvalue weighted by atomic mass is 9.83. The van der Waals surface area contributed by atoms with Gasteiger partial charge in [-0.15, -0.1) is 0 Å². The van der Waals surface area contributed by atoms with Crippen LogP contribution in [-0.4, -0.2) is 18.2 Å². The van der Waals surface area contributed by atoms with Gasteiger partial charge in [-0.05, 0) is 41.0 Å². The molecular weight excluding hydrogens is 316 g/mol. The Bertz CT molecular complexity index is 867. The van der Waals surface area contributed by atoms with E-state index in [1.54, 1.807) is 55.6 Å². The van der Waals surface area contributed by atoms with Crippen LogP contribution in [0, 0.1) is 0 Å².